The number of anilines is 1. The molecule has 0 bridgehead atoms. The molecule has 4 heteroatoms. The van der Waals surface area contributed by atoms with E-state index in [0.717, 1.165) is 19.3 Å². The van der Waals surface area contributed by atoms with E-state index >= 15 is 0 Å². The maximum atomic E-state index is 8.58. The topological polar surface area (TPSA) is 58.0 Å². The van der Waals surface area contributed by atoms with Crippen LogP contribution < -0.4 is 5.32 Å². The van der Waals surface area contributed by atoms with E-state index in [9.17, 15) is 0 Å². The third kappa shape index (κ3) is 3.70. The smallest absolute Gasteiger partial charge is 0.222 e. The molecule has 2 N–H and O–H groups in total. The van der Waals surface area contributed by atoms with Gasteiger partial charge < -0.3 is 10.4 Å². The first-order valence-electron chi connectivity index (χ1n) is 5.02. The van der Waals surface area contributed by atoms with Crippen molar-refractivity contribution in [2.24, 2.45) is 0 Å². The molecule has 1 heterocycles. The van der Waals surface area contributed by atoms with Gasteiger partial charge in [0.15, 0.2) is 0 Å². The summed E-state index contributed by atoms with van der Waals surface area (Å²) in [6.45, 7) is 3.04. The second-order valence-electron chi connectivity index (χ2n) is 3.17. The van der Waals surface area contributed by atoms with Crippen molar-refractivity contribution in [3.63, 3.8) is 0 Å². The minimum Gasteiger partial charge on any atom is -0.396 e. The predicted molar refractivity (Wildman–Crippen MR) is 56.2 cm³/mol. The van der Waals surface area contributed by atoms with E-state index < -0.39 is 0 Å². The van der Waals surface area contributed by atoms with Gasteiger partial charge in [-0.05, 0) is 18.4 Å². The predicted octanol–water partition coefficient (Wildman–Crippen LogP) is 1.22. The molecule has 0 aliphatic rings. The summed E-state index contributed by atoms with van der Waals surface area (Å²) in [5.41, 5.74) is 1.17. The molecule has 0 fully saturated rings. The summed E-state index contributed by atoms with van der Waals surface area (Å²) in [5.74, 6) is 0.637. The summed E-state index contributed by atoms with van der Waals surface area (Å²) in [6.07, 6.45) is 6.55. The van der Waals surface area contributed by atoms with Crippen LogP contribution in [0.4, 0.5) is 5.95 Å². The van der Waals surface area contributed by atoms with E-state index in [1.807, 2.05) is 12.4 Å². The van der Waals surface area contributed by atoms with Crippen molar-refractivity contribution >= 4 is 5.95 Å². The Morgan fingerprint density at radius 2 is 2.07 bits per heavy atom. The normalized spacial score (nSPS) is 10.1. The van der Waals surface area contributed by atoms with Crippen molar-refractivity contribution in [1.82, 2.24) is 9.97 Å². The number of rotatable bonds is 6. The number of nitrogens with one attached hydrogen (secondary N) is 1. The SMILES string of the molecule is CCCc1cnc(NCCCO)nc1. The largest absolute Gasteiger partial charge is 0.396 e. The zero-order chi connectivity index (χ0) is 10.2. The third-order valence-corrected chi connectivity index (χ3v) is 1.86. The number of hydrogen-bond donors (Lipinski definition) is 2. The Morgan fingerprint density at radius 3 is 2.64 bits per heavy atom. The highest BCUT2D eigenvalue weighted by molar-refractivity contribution is 5.24. The summed E-state index contributed by atoms with van der Waals surface area (Å²) in [7, 11) is 0. The van der Waals surface area contributed by atoms with Gasteiger partial charge in [0.1, 0.15) is 0 Å². The quantitative estimate of drug-likeness (QED) is 0.670. The summed E-state index contributed by atoms with van der Waals surface area (Å²) in [4.78, 5) is 8.33. The van der Waals surface area contributed by atoms with Gasteiger partial charge >= 0.3 is 0 Å². The Morgan fingerprint density at radius 1 is 1.36 bits per heavy atom. The van der Waals surface area contributed by atoms with E-state index in [2.05, 4.69) is 22.2 Å². The standard InChI is InChI=1S/C10H17N3O/c1-2-4-9-7-12-10(13-8-9)11-5-3-6-14/h7-8,14H,2-6H2,1H3,(H,11,12,13). The fourth-order valence-electron chi connectivity index (χ4n) is 1.14. The van der Waals surface area contributed by atoms with Gasteiger partial charge in [0.05, 0.1) is 0 Å². The number of aliphatic hydroxyl groups is 1. The molecule has 0 saturated heterocycles. The number of hydrogen-bond acceptors (Lipinski definition) is 4. The zero-order valence-corrected chi connectivity index (χ0v) is 8.53. The van der Waals surface area contributed by atoms with E-state index in [-0.39, 0.29) is 6.61 Å². The van der Waals surface area contributed by atoms with Crippen LogP contribution in [0.25, 0.3) is 0 Å². The van der Waals surface area contributed by atoms with Gasteiger partial charge in [0.25, 0.3) is 0 Å². The molecule has 0 radical (unpaired) electrons. The van der Waals surface area contributed by atoms with Crippen LogP contribution in [0.3, 0.4) is 0 Å². The lowest BCUT2D eigenvalue weighted by atomic mass is 10.2. The molecule has 1 aromatic heterocycles. The Bertz CT molecular complexity index is 248. The van der Waals surface area contributed by atoms with Crippen molar-refractivity contribution in [2.45, 2.75) is 26.2 Å². The van der Waals surface area contributed by atoms with Gasteiger partial charge in [0.2, 0.25) is 5.95 Å². The average molecular weight is 195 g/mol. The van der Waals surface area contributed by atoms with Crippen LogP contribution in [0.1, 0.15) is 25.3 Å². The van der Waals surface area contributed by atoms with Gasteiger partial charge in [-0.1, -0.05) is 13.3 Å². The highest BCUT2D eigenvalue weighted by atomic mass is 16.3. The highest BCUT2D eigenvalue weighted by Gasteiger charge is 1.95. The van der Waals surface area contributed by atoms with Gasteiger partial charge in [-0.2, -0.15) is 0 Å². The molecule has 0 aliphatic carbocycles. The van der Waals surface area contributed by atoms with Crippen LogP contribution in [-0.2, 0) is 6.42 Å². The molecule has 14 heavy (non-hydrogen) atoms. The average Bonchev–Trinajstić information content (AvgIpc) is 2.21. The minimum atomic E-state index is 0.195. The monoisotopic (exact) mass is 195 g/mol. The second kappa shape index (κ2) is 6.32. The molecule has 0 saturated carbocycles. The number of aromatic nitrogens is 2. The van der Waals surface area contributed by atoms with Gasteiger partial charge in [-0.15, -0.1) is 0 Å². The van der Waals surface area contributed by atoms with E-state index in [0.29, 0.717) is 12.5 Å². The first kappa shape index (κ1) is 10.9. The maximum Gasteiger partial charge on any atom is 0.222 e. The molecule has 1 rings (SSSR count). The van der Waals surface area contributed by atoms with Crippen LogP contribution >= 0.6 is 0 Å². The lowest BCUT2D eigenvalue weighted by molar-refractivity contribution is 0.292. The van der Waals surface area contributed by atoms with Crippen LogP contribution in [0, 0.1) is 0 Å². The van der Waals surface area contributed by atoms with Crippen molar-refractivity contribution < 1.29 is 5.11 Å². The molecule has 0 aromatic carbocycles. The van der Waals surface area contributed by atoms with Gasteiger partial charge in [-0.3, -0.25) is 0 Å². The van der Waals surface area contributed by atoms with Gasteiger partial charge in [-0.25, -0.2) is 9.97 Å². The molecule has 0 unspecified atom stereocenters. The molecule has 4 nitrogen and oxygen atoms in total. The van der Waals surface area contributed by atoms with Crippen molar-refractivity contribution in [3.05, 3.63) is 18.0 Å². The summed E-state index contributed by atoms with van der Waals surface area (Å²) < 4.78 is 0. The van der Waals surface area contributed by atoms with Crippen molar-refractivity contribution in [2.75, 3.05) is 18.5 Å². The minimum absolute atomic E-state index is 0.195. The molecular weight excluding hydrogens is 178 g/mol. The molecule has 1 aromatic rings. The molecule has 0 atom stereocenters. The van der Waals surface area contributed by atoms with Crippen LogP contribution in [0.15, 0.2) is 12.4 Å². The lowest BCUT2D eigenvalue weighted by Crippen LogP contribution is -2.06. The molecule has 0 aliphatic heterocycles. The van der Waals surface area contributed by atoms with Crippen LogP contribution in [0.2, 0.25) is 0 Å². The number of nitrogens with zero attached hydrogens (tertiary/aromatic N) is 2. The Hall–Kier alpha value is -1.16. The summed E-state index contributed by atoms with van der Waals surface area (Å²) in [6, 6.07) is 0. The van der Waals surface area contributed by atoms with Crippen molar-refractivity contribution in [1.29, 1.82) is 0 Å². The number of aryl methyl sites for hydroxylation is 1. The summed E-state index contributed by atoms with van der Waals surface area (Å²) >= 11 is 0. The summed E-state index contributed by atoms with van der Waals surface area (Å²) in [5, 5.41) is 11.6. The molecule has 78 valence electrons. The first-order chi connectivity index (χ1) is 6.86. The fourth-order valence-corrected chi connectivity index (χ4v) is 1.14. The van der Waals surface area contributed by atoms with E-state index in [4.69, 9.17) is 5.11 Å². The van der Waals surface area contributed by atoms with Gasteiger partial charge in [0, 0.05) is 25.5 Å². The molecule has 0 amide bonds. The van der Waals surface area contributed by atoms with Crippen LogP contribution in [-0.4, -0.2) is 28.2 Å². The van der Waals surface area contributed by atoms with E-state index in [1.165, 1.54) is 5.56 Å². The Labute approximate surface area is 84.4 Å². The highest BCUT2D eigenvalue weighted by Crippen LogP contribution is 2.02. The van der Waals surface area contributed by atoms with E-state index in [1.54, 1.807) is 0 Å². The molecular formula is C10H17N3O. The fraction of sp³-hybridized carbons (Fsp3) is 0.600. The van der Waals surface area contributed by atoms with Crippen LogP contribution in [0.5, 0.6) is 0 Å². The Balaban J connectivity index is 2.38. The lowest BCUT2D eigenvalue weighted by Gasteiger charge is -2.03. The Kier molecular flexibility index (Phi) is 4.93. The second-order valence-corrected chi connectivity index (χ2v) is 3.17. The first-order valence-corrected chi connectivity index (χ1v) is 5.02. The number of aliphatic hydroxyl groups excluding tert-OH is 1. The molecule has 0 spiro atoms. The third-order valence-electron chi connectivity index (χ3n) is 1.86. The maximum absolute atomic E-state index is 8.58. The zero-order valence-electron chi connectivity index (χ0n) is 8.53. The van der Waals surface area contributed by atoms with Crippen molar-refractivity contribution in [3.8, 4) is 0 Å².